The molecular formula is C19H14ClO5-. The van der Waals surface area contributed by atoms with Gasteiger partial charge < -0.3 is 19.1 Å². The van der Waals surface area contributed by atoms with Gasteiger partial charge in [-0.3, -0.25) is 4.79 Å². The Morgan fingerprint density at radius 1 is 1.20 bits per heavy atom. The molecule has 0 N–H and O–H groups in total. The smallest absolute Gasteiger partial charge is 0.235 e. The summed E-state index contributed by atoms with van der Waals surface area (Å²) in [7, 11) is 0. The average Bonchev–Trinajstić information content (AvgIpc) is 2.57. The molecule has 0 bridgehead atoms. The van der Waals surface area contributed by atoms with Crippen LogP contribution in [-0.2, 0) is 4.79 Å². The largest absolute Gasteiger partial charge is 0.546 e. The van der Waals surface area contributed by atoms with Gasteiger partial charge in [0.1, 0.15) is 11.7 Å². The van der Waals surface area contributed by atoms with E-state index in [-0.39, 0.29) is 11.5 Å². The second kappa shape index (κ2) is 6.61. The van der Waals surface area contributed by atoms with Crippen molar-refractivity contribution in [1.82, 2.24) is 0 Å². The van der Waals surface area contributed by atoms with E-state index in [2.05, 4.69) is 0 Å². The zero-order valence-electron chi connectivity index (χ0n) is 13.5. The number of rotatable bonds is 4. The highest BCUT2D eigenvalue weighted by Crippen LogP contribution is 2.32. The molecule has 0 aliphatic rings. The molecule has 128 valence electrons. The van der Waals surface area contributed by atoms with Crippen LogP contribution >= 0.6 is 11.6 Å². The Morgan fingerprint density at radius 2 is 1.88 bits per heavy atom. The number of halogens is 1. The van der Waals surface area contributed by atoms with E-state index in [1.165, 1.54) is 6.92 Å². The van der Waals surface area contributed by atoms with Crippen molar-refractivity contribution in [3.63, 3.8) is 0 Å². The van der Waals surface area contributed by atoms with E-state index >= 15 is 0 Å². The number of carboxylic acids is 1. The van der Waals surface area contributed by atoms with Crippen molar-refractivity contribution in [2.45, 2.75) is 20.0 Å². The maximum atomic E-state index is 12.8. The minimum Gasteiger partial charge on any atom is -0.546 e. The summed E-state index contributed by atoms with van der Waals surface area (Å²) in [6.07, 6.45) is -1.31. The molecule has 1 aromatic heterocycles. The standard InChI is InChI=1S/C19H15ClO5/c1-10-3-8-14-15(9-10)25-17(12-4-6-13(20)7-5-12)18(16(14)21)24-11(2)19(22)23/h3-9,11H,1-2H3,(H,22,23)/p-1. The topological polar surface area (TPSA) is 79.6 Å². The molecular weight excluding hydrogens is 344 g/mol. The highest BCUT2D eigenvalue weighted by atomic mass is 35.5. The zero-order chi connectivity index (χ0) is 18.1. The van der Waals surface area contributed by atoms with Crippen LogP contribution in [0.2, 0.25) is 5.02 Å². The van der Waals surface area contributed by atoms with Crippen LogP contribution in [0.5, 0.6) is 5.75 Å². The molecule has 0 aliphatic carbocycles. The van der Waals surface area contributed by atoms with E-state index in [1.54, 1.807) is 42.5 Å². The van der Waals surface area contributed by atoms with Crippen LogP contribution in [0.1, 0.15) is 12.5 Å². The van der Waals surface area contributed by atoms with Gasteiger partial charge in [0, 0.05) is 10.6 Å². The van der Waals surface area contributed by atoms with Gasteiger partial charge >= 0.3 is 0 Å². The lowest BCUT2D eigenvalue weighted by Gasteiger charge is -2.17. The SMILES string of the molecule is Cc1ccc2c(=O)c(OC(C)C(=O)[O-])c(-c3ccc(Cl)cc3)oc2c1. The third-order valence-electron chi connectivity index (χ3n) is 3.74. The molecule has 0 radical (unpaired) electrons. The van der Waals surface area contributed by atoms with Gasteiger partial charge in [0.15, 0.2) is 5.76 Å². The number of aryl methyl sites for hydroxylation is 1. The van der Waals surface area contributed by atoms with Crippen LogP contribution in [0.4, 0.5) is 0 Å². The second-order valence-electron chi connectivity index (χ2n) is 5.68. The van der Waals surface area contributed by atoms with Crippen LogP contribution in [0, 0.1) is 6.92 Å². The number of carbonyl (C=O) groups is 1. The number of ether oxygens (including phenoxy) is 1. The van der Waals surface area contributed by atoms with Gasteiger partial charge in [-0.05, 0) is 55.8 Å². The summed E-state index contributed by atoms with van der Waals surface area (Å²) in [4.78, 5) is 23.9. The maximum absolute atomic E-state index is 12.8. The highest BCUT2D eigenvalue weighted by Gasteiger charge is 2.20. The average molecular weight is 358 g/mol. The molecule has 5 nitrogen and oxygen atoms in total. The molecule has 1 atom stereocenters. The molecule has 2 aromatic carbocycles. The van der Waals surface area contributed by atoms with Crippen LogP contribution in [0.15, 0.2) is 51.7 Å². The number of benzene rings is 2. The monoisotopic (exact) mass is 357 g/mol. The molecule has 0 aliphatic heterocycles. The quantitative estimate of drug-likeness (QED) is 0.717. The van der Waals surface area contributed by atoms with Gasteiger partial charge in [-0.1, -0.05) is 17.7 Å². The van der Waals surface area contributed by atoms with Crippen molar-refractivity contribution in [2.24, 2.45) is 0 Å². The van der Waals surface area contributed by atoms with E-state index in [1.807, 2.05) is 6.92 Å². The lowest BCUT2D eigenvalue weighted by atomic mass is 10.1. The summed E-state index contributed by atoms with van der Waals surface area (Å²) in [5.74, 6) is -1.45. The molecule has 1 unspecified atom stereocenters. The lowest BCUT2D eigenvalue weighted by Crippen LogP contribution is -2.38. The number of fused-ring (bicyclic) bond motifs is 1. The van der Waals surface area contributed by atoms with Crippen molar-refractivity contribution in [1.29, 1.82) is 0 Å². The minimum absolute atomic E-state index is 0.146. The number of aliphatic carboxylic acids is 1. The molecule has 1 heterocycles. The fourth-order valence-electron chi connectivity index (χ4n) is 2.41. The molecule has 6 heteroatoms. The molecule has 3 aromatic rings. The summed E-state index contributed by atoms with van der Waals surface area (Å²) in [6.45, 7) is 3.17. The van der Waals surface area contributed by atoms with E-state index in [0.29, 0.717) is 21.6 Å². The molecule has 0 amide bonds. The van der Waals surface area contributed by atoms with E-state index in [4.69, 9.17) is 20.8 Å². The third kappa shape index (κ3) is 3.37. The Morgan fingerprint density at radius 3 is 2.52 bits per heavy atom. The first-order chi connectivity index (χ1) is 11.9. The maximum Gasteiger partial charge on any atom is 0.235 e. The normalized spacial score (nSPS) is 12.1. The van der Waals surface area contributed by atoms with Crippen molar-refractivity contribution < 1.29 is 19.1 Å². The Balaban J connectivity index is 2.29. The summed E-state index contributed by atoms with van der Waals surface area (Å²) in [5.41, 5.74) is 1.42. The molecule has 0 saturated carbocycles. The van der Waals surface area contributed by atoms with Gasteiger partial charge in [0.2, 0.25) is 11.2 Å². The van der Waals surface area contributed by atoms with Gasteiger partial charge in [0.05, 0.1) is 11.4 Å². The van der Waals surface area contributed by atoms with Crippen LogP contribution < -0.4 is 15.3 Å². The summed E-state index contributed by atoms with van der Waals surface area (Å²) in [6, 6.07) is 11.7. The highest BCUT2D eigenvalue weighted by molar-refractivity contribution is 6.30. The Bertz CT molecular complexity index is 1000. The number of hydrogen-bond donors (Lipinski definition) is 0. The molecule has 25 heavy (non-hydrogen) atoms. The zero-order valence-corrected chi connectivity index (χ0v) is 14.3. The van der Waals surface area contributed by atoms with Gasteiger partial charge in [-0.25, -0.2) is 0 Å². The Hall–Kier alpha value is -2.79. The molecule has 0 saturated heterocycles. The predicted molar refractivity (Wildman–Crippen MR) is 92.8 cm³/mol. The first-order valence-electron chi connectivity index (χ1n) is 7.57. The van der Waals surface area contributed by atoms with E-state index in [0.717, 1.165) is 5.56 Å². The van der Waals surface area contributed by atoms with E-state index < -0.39 is 17.5 Å². The summed E-state index contributed by atoms with van der Waals surface area (Å²) >= 11 is 5.90. The fourth-order valence-corrected chi connectivity index (χ4v) is 2.53. The second-order valence-corrected chi connectivity index (χ2v) is 6.11. The van der Waals surface area contributed by atoms with E-state index in [9.17, 15) is 14.7 Å². The Kier molecular flexibility index (Phi) is 4.51. The van der Waals surface area contributed by atoms with Crippen LogP contribution in [0.3, 0.4) is 0 Å². The van der Waals surface area contributed by atoms with Crippen molar-refractivity contribution >= 4 is 28.5 Å². The molecule has 3 rings (SSSR count). The van der Waals surface area contributed by atoms with Gasteiger partial charge in [0.25, 0.3) is 0 Å². The molecule has 0 spiro atoms. The number of carboxylic acid groups (broad SMARTS) is 1. The van der Waals surface area contributed by atoms with Crippen molar-refractivity contribution in [3.8, 4) is 17.1 Å². The minimum atomic E-state index is -1.43. The molecule has 0 fully saturated rings. The van der Waals surface area contributed by atoms with Crippen molar-refractivity contribution in [2.75, 3.05) is 0 Å². The third-order valence-corrected chi connectivity index (χ3v) is 3.99. The predicted octanol–water partition coefficient (Wildman–Crippen LogP) is 2.94. The lowest BCUT2D eigenvalue weighted by molar-refractivity contribution is -0.312. The van der Waals surface area contributed by atoms with Crippen LogP contribution in [-0.4, -0.2) is 12.1 Å². The van der Waals surface area contributed by atoms with Crippen molar-refractivity contribution in [3.05, 3.63) is 63.3 Å². The number of carbonyl (C=O) groups excluding carboxylic acids is 1. The first kappa shape index (κ1) is 17.0. The van der Waals surface area contributed by atoms with Gasteiger partial charge in [-0.2, -0.15) is 0 Å². The summed E-state index contributed by atoms with van der Waals surface area (Å²) < 4.78 is 11.2. The van der Waals surface area contributed by atoms with Gasteiger partial charge in [-0.15, -0.1) is 0 Å². The number of hydrogen-bond acceptors (Lipinski definition) is 5. The first-order valence-corrected chi connectivity index (χ1v) is 7.95. The van der Waals surface area contributed by atoms with Crippen LogP contribution in [0.25, 0.3) is 22.3 Å². The fraction of sp³-hybridized carbons (Fsp3) is 0.158. The summed E-state index contributed by atoms with van der Waals surface area (Å²) in [5, 5.41) is 11.9. The Labute approximate surface area is 148 Å².